The normalized spacial score (nSPS) is 16.1. The fraction of sp³-hybridized carbons (Fsp3) is 0.226. The number of carbonyl (C=O) groups is 1. The largest absolute Gasteiger partial charge is 0.506 e. The van der Waals surface area contributed by atoms with Crippen molar-refractivity contribution < 1.29 is 14.6 Å². The molecule has 0 radical (unpaired) electrons. The lowest BCUT2D eigenvalue weighted by Crippen LogP contribution is -2.36. The van der Waals surface area contributed by atoms with Crippen molar-refractivity contribution in [3.05, 3.63) is 107 Å². The number of piperidine rings is 1. The quantitative estimate of drug-likeness (QED) is 0.201. The van der Waals surface area contributed by atoms with E-state index in [9.17, 15) is 9.90 Å². The molecule has 1 amide bonds. The molecule has 194 valence electrons. The Balaban J connectivity index is 1.25. The van der Waals surface area contributed by atoms with E-state index in [0.29, 0.717) is 18.2 Å². The fourth-order valence-electron chi connectivity index (χ4n) is 4.99. The van der Waals surface area contributed by atoms with Gasteiger partial charge in [0.25, 0.3) is 5.91 Å². The van der Waals surface area contributed by atoms with Crippen LogP contribution < -0.4 is 10.2 Å². The molecule has 0 saturated carbocycles. The number of nitrogens with one attached hydrogen (secondary N) is 1. The van der Waals surface area contributed by atoms with E-state index in [2.05, 4.69) is 45.8 Å². The molecule has 4 aromatic carbocycles. The highest BCUT2D eigenvalue weighted by molar-refractivity contribution is 6.32. The zero-order valence-electron chi connectivity index (χ0n) is 21.0. The molecule has 1 atom stereocenters. The summed E-state index contributed by atoms with van der Waals surface area (Å²) < 4.78 is 6.29. The van der Waals surface area contributed by atoms with Gasteiger partial charge in [-0.05, 0) is 60.7 Å². The first-order chi connectivity index (χ1) is 18.6. The second-order valence-corrected chi connectivity index (χ2v) is 9.78. The third-order valence-corrected chi connectivity index (χ3v) is 7.23. The van der Waals surface area contributed by atoms with Crippen molar-refractivity contribution in [3.63, 3.8) is 0 Å². The Labute approximate surface area is 227 Å². The zero-order chi connectivity index (χ0) is 26.3. The zero-order valence-corrected chi connectivity index (χ0v) is 21.8. The number of fused-ring (bicyclic) bond motifs is 1. The number of hydrazone groups is 1. The molecule has 0 aromatic heterocycles. The molecule has 1 aliphatic heterocycles. The van der Waals surface area contributed by atoms with E-state index < -0.39 is 5.91 Å². The third-order valence-electron chi connectivity index (χ3n) is 6.93. The molecule has 0 bridgehead atoms. The number of hydrogen-bond acceptors (Lipinski definition) is 5. The van der Waals surface area contributed by atoms with Gasteiger partial charge in [-0.3, -0.25) is 9.69 Å². The molecular weight excluding hydrogens is 498 g/mol. The maximum Gasteiger partial charge on any atom is 0.271 e. The second-order valence-electron chi connectivity index (χ2n) is 9.37. The number of amides is 1. The van der Waals surface area contributed by atoms with Crippen LogP contribution in [0.25, 0.3) is 10.8 Å². The first-order valence-electron chi connectivity index (χ1n) is 12.9. The molecular formula is C31H30ClN3O3. The lowest BCUT2D eigenvalue weighted by atomic mass is 9.95. The second kappa shape index (κ2) is 12.1. The summed E-state index contributed by atoms with van der Waals surface area (Å²) in [6, 6.07) is 27.3. The number of benzene rings is 4. The number of halogens is 1. The number of nitrogens with zero attached hydrogens (tertiary/aromatic N) is 2. The van der Waals surface area contributed by atoms with Gasteiger partial charge in [0.05, 0.1) is 11.2 Å². The molecule has 4 aromatic rings. The third kappa shape index (κ3) is 5.98. The summed E-state index contributed by atoms with van der Waals surface area (Å²) in [7, 11) is 0. The van der Waals surface area contributed by atoms with Crippen molar-refractivity contribution in [3.8, 4) is 11.5 Å². The molecule has 0 aliphatic carbocycles. The number of rotatable bonds is 8. The van der Waals surface area contributed by atoms with Crippen LogP contribution in [-0.4, -0.2) is 41.8 Å². The van der Waals surface area contributed by atoms with Crippen molar-refractivity contribution in [1.29, 1.82) is 0 Å². The van der Waals surface area contributed by atoms with Gasteiger partial charge < -0.3 is 9.84 Å². The number of likely N-dealkylation sites (tertiary alicyclic amines) is 1. The lowest BCUT2D eigenvalue weighted by molar-refractivity contribution is 0.0955. The molecule has 1 aliphatic rings. The Hall–Kier alpha value is -3.87. The van der Waals surface area contributed by atoms with Crippen LogP contribution in [0.2, 0.25) is 5.02 Å². The minimum Gasteiger partial charge on any atom is -0.506 e. The Bertz CT molecular complexity index is 1440. The topological polar surface area (TPSA) is 74.2 Å². The Morgan fingerprint density at radius 2 is 1.82 bits per heavy atom. The van der Waals surface area contributed by atoms with Crippen LogP contribution in [-0.2, 0) is 0 Å². The van der Waals surface area contributed by atoms with Gasteiger partial charge >= 0.3 is 0 Å². The van der Waals surface area contributed by atoms with Gasteiger partial charge in [0.15, 0.2) is 0 Å². The molecule has 0 spiro atoms. The van der Waals surface area contributed by atoms with Crippen molar-refractivity contribution in [1.82, 2.24) is 10.3 Å². The monoisotopic (exact) mass is 527 g/mol. The van der Waals surface area contributed by atoms with E-state index in [1.807, 2.05) is 36.4 Å². The van der Waals surface area contributed by atoms with Gasteiger partial charge in [0.1, 0.15) is 18.1 Å². The highest BCUT2D eigenvalue weighted by atomic mass is 35.5. The predicted octanol–water partition coefficient (Wildman–Crippen LogP) is 6.57. The number of carbonyl (C=O) groups excluding carboxylic acids is 1. The highest BCUT2D eigenvalue weighted by Crippen LogP contribution is 2.31. The summed E-state index contributed by atoms with van der Waals surface area (Å²) in [5.41, 5.74) is 5.06. The van der Waals surface area contributed by atoms with E-state index in [1.165, 1.54) is 43.0 Å². The Kier molecular flexibility index (Phi) is 8.22. The summed E-state index contributed by atoms with van der Waals surface area (Å²) in [6.45, 7) is 2.55. The summed E-state index contributed by atoms with van der Waals surface area (Å²) >= 11 is 5.90. The fourth-order valence-corrected chi connectivity index (χ4v) is 5.17. The van der Waals surface area contributed by atoms with E-state index in [-0.39, 0.29) is 10.8 Å². The Morgan fingerprint density at radius 3 is 2.63 bits per heavy atom. The van der Waals surface area contributed by atoms with E-state index in [0.717, 1.165) is 35.2 Å². The van der Waals surface area contributed by atoms with Crippen LogP contribution in [0, 0.1) is 0 Å². The van der Waals surface area contributed by atoms with Gasteiger partial charge in [0.2, 0.25) is 0 Å². The summed E-state index contributed by atoms with van der Waals surface area (Å²) in [5.74, 6) is 0.333. The van der Waals surface area contributed by atoms with E-state index in [1.54, 1.807) is 6.21 Å². The maximum atomic E-state index is 12.4. The predicted molar refractivity (Wildman–Crippen MR) is 152 cm³/mol. The molecule has 6 nitrogen and oxygen atoms in total. The number of hydrogen-bond donors (Lipinski definition) is 2. The van der Waals surface area contributed by atoms with Crippen LogP contribution in [0.1, 0.15) is 46.8 Å². The highest BCUT2D eigenvalue weighted by Gasteiger charge is 2.23. The number of phenols is 1. The smallest absolute Gasteiger partial charge is 0.271 e. The van der Waals surface area contributed by atoms with E-state index >= 15 is 0 Å². The maximum absolute atomic E-state index is 12.4. The van der Waals surface area contributed by atoms with Crippen molar-refractivity contribution in [2.45, 2.75) is 25.3 Å². The minimum absolute atomic E-state index is 0.0764. The van der Waals surface area contributed by atoms with Gasteiger partial charge in [-0.15, -0.1) is 0 Å². The molecule has 1 fully saturated rings. The van der Waals surface area contributed by atoms with Crippen LogP contribution in [0.4, 0.5) is 0 Å². The van der Waals surface area contributed by atoms with Crippen LogP contribution in [0.5, 0.6) is 11.5 Å². The summed E-state index contributed by atoms with van der Waals surface area (Å²) in [6.07, 6.45) is 5.27. The van der Waals surface area contributed by atoms with Crippen LogP contribution in [0.3, 0.4) is 0 Å². The SMILES string of the molecule is O=C(NN=Cc1ccc(OCCN2CCCCC2c2ccccc2)c2ccccc12)c1ccc(O)c(Cl)c1. The van der Waals surface area contributed by atoms with Gasteiger partial charge in [-0.25, -0.2) is 5.43 Å². The van der Waals surface area contributed by atoms with Gasteiger partial charge in [-0.2, -0.15) is 5.10 Å². The molecule has 1 saturated heterocycles. The lowest BCUT2D eigenvalue weighted by Gasteiger charge is -2.36. The average Bonchev–Trinajstić information content (AvgIpc) is 2.96. The molecule has 38 heavy (non-hydrogen) atoms. The van der Waals surface area contributed by atoms with Crippen LogP contribution >= 0.6 is 11.6 Å². The summed E-state index contributed by atoms with van der Waals surface area (Å²) in [4.78, 5) is 14.9. The molecule has 1 unspecified atom stereocenters. The Morgan fingerprint density at radius 1 is 1.03 bits per heavy atom. The van der Waals surface area contributed by atoms with Crippen molar-refractivity contribution in [2.75, 3.05) is 19.7 Å². The molecule has 7 heteroatoms. The van der Waals surface area contributed by atoms with E-state index in [4.69, 9.17) is 16.3 Å². The standard InChI is InChI=1S/C31H30ClN3O3/c32-27-20-23(13-15-29(27)36)31(37)34-33-21-24-14-16-30(26-11-5-4-10-25(24)26)38-19-18-35-17-7-6-12-28(35)22-8-2-1-3-9-22/h1-5,8-11,13-16,20-21,28,36H,6-7,12,17-19H2,(H,34,37). The van der Waals surface area contributed by atoms with Crippen molar-refractivity contribution >= 4 is 34.5 Å². The summed E-state index contributed by atoms with van der Waals surface area (Å²) in [5, 5.41) is 15.8. The number of aromatic hydroxyl groups is 1. The van der Waals surface area contributed by atoms with Gasteiger partial charge in [0, 0.05) is 29.1 Å². The first-order valence-corrected chi connectivity index (χ1v) is 13.2. The minimum atomic E-state index is -0.418. The number of phenolic OH excluding ortho intramolecular Hbond substituents is 1. The molecule has 1 heterocycles. The molecule has 2 N–H and O–H groups in total. The average molecular weight is 528 g/mol. The van der Waals surface area contributed by atoms with Crippen LogP contribution in [0.15, 0.2) is 90.0 Å². The first kappa shape index (κ1) is 25.8. The van der Waals surface area contributed by atoms with Crippen molar-refractivity contribution in [2.24, 2.45) is 5.10 Å². The van der Waals surface area contributed by atoms with Gasteiger partial charge in [-0.1, -0.05) is 72.6 Å². The molecule has 5 rings (SSSR count). The number of ether oxygens (including phenoxy) is 1.